The van der Waals surface area contributed by atoms with Gasteiger partial charge in [0.15, 0.2) is 0 Å². The predicted molar refractivity (Wildman–Crippen MR) is 65.5 cm³/mol. The summed E-state index contributed by atoms with van der Waals surface area (Å²) in [4.78, 5) is 19.4. The quantitative estimate of drug-likeness (QED) is 0.826. The molecule has 0 radical (unpaired) electrons. The third-order valence-electron chi connectivity index (χ3n) is 3.33. The number of hydrogen-bond acceptors (Lipinski definition) is 4. The van der Waals surface area contributed by atoms with Gasteiger partial charge >= 0.3 is 5.97 Å². The smallest absolute Gasteiger partial charge is 0.339 e. The second-order valence-electron chi connectivity index (χ2n) is 4.47. The van der Waals surface area contributed by atoms with Gasteiger partial charge in [0.2, 0.25) is 0 Å². The van der Waals surface area contributed by atoms with E-state index < -0.39 is 5.97 Å². The molecule has 2 heterocycles. The number of likely N-dealkylation sites (N-methyl/N-ethyl adjacent to an activating group) is 1. The summed E-state index contributed by atoms with van der Waals surface area (Å²) in [5.74, 6) is -0.917. The first-order valence-corrected chi connectivity index (χ1v) is 5.72. The van der Waals surface area contributed by atoms with E-state index in [0.29, 0.717) is 6.04 Å². The van der Waals surface area contributed by atoms with Gasteiger partial charge in [-0.15, -0.1) is 0 Å². The van der Waals surface area contributed by atoms with E-state index in [9.17, 15) is 4.79 Å². The molecule has 17 heavy (non-hydrogen) atoms. The third kappa shape index (κ3) is 2.39. The molecule has 1 aromatic heterocycles. The fourth-order valence-corrected chi connectivity index (χ4v) is 2.09. The zero-order chi connectivity index (χ0) is 12.4. The van der Waals surface area contributed by atoms with Crippen molar-refractivity contribution < 1.29 is 9.90 Å². The average molecular weight is 235 g/mol. The van der Waals surface area contributed by atoms with Crippen molar-refractivity contribution in [3.05, 3.63) is 24.0 Å². The summed E-state index contributed by atoms with van der Waals surface area (Å²) in [6.45, 7) is 4.79. The van der Waals surface area contributed by atoms with Gasteiger partial charge in [-0.05, 0) is 20.0 Å². The number of hydrogen-bond donors (Lipinski definition) is 1. The molecule has 1 N–H and O–H groups in total. The van der Waals surface area contributed by atoms with Crippen molar-refractivity contribution in [2.75, 3.05) is 31.6 Å². The highest BCUT2D eigenvalue weighted by atomic mass is 16.4. The van der Waals surface area contributed by atoms with Gasteiger partial charge in [-0.1, -0.05) is 0 Å². The first-order valence-electron chi connectivity index (χ1n) is 5.72. The fraction of sp³-hybridized carbons (Fsp3) is 0.500. The Morgan fingerprint density at radius 1 is 1.53 bits per heavy atom. The second-order valence-corrected chi connectivity index (χ2v) is 4.47. The Morgan fingerprint density at radius 2 is 2.29 bits per heavy atom. The number of aromatic nitrogens is 1. The summed E-state index contributed by atoms with van der Waals surface area (Å²) in [5, 5.41) is 9.14. The summed E-state index contributed by atoms with van der Waals surface area (Å²) < 4.78 is 0. The molecule has 0 aromatic carbocycles. The molecular formula is C12H17N3O2. The number of piperazine rings is 1. The number of rotatable bonds is 2. The Hall–Kier alpha value is -1.62. The maximum atomic E-state index is 11.1. The number of pyridine rings is 1. The largest absolute Gasteiger partial charge is 0.478 e. The van der Waals surface area contributed by atoms with E-state index >= 15 is 0 Å². The van der Waals surface area contributed by atoms with E-state index in [1.54, 1.807) is 12.3 Å². The lowest BCUT2D eigenvalue weighted by Gasteiger charge is -2.39. The number of carboxylic acids is 1. The highest BCUT2D eigenvalue weighted by Gasteiger charge is 2.23. The summed E-state index contributed by atoms with van der Waals surface area (Å²) >= 11 is 0. The maximum absolute atomic E-state index is 11.1. The van der Waals surface area contributed by atoms with E-state index in [1.165, 1.54) is 6.20 Å². The summed E-state index contributed by atoms with van der Waals surface area (Å²) in [6.07, 6.45) is 3.06. The summed E-state index contributed by atoms with van der Waals surface area (Å²) in [5.41, 5.74) is 1.05. The van der Waals surface area contributed by atoms with Crippen LogP contribution in [-0.2, 0) is 0 Å². The van der Waals surface area contributed by atoms with Crippen LogP contribution in [0.1, 0.15) is 17.3 Å². The second kappa shape index (κ2) is 4.71. The van der Waals surface area contributed by atoms with E-state index in [4.69, 9.17) is 5.11 Å². The van der Waals surface area contributed by atoms with Crippen molar-refractivity contribution in [2.45, 2.75) is 13.0 Å². The number of carbonyl (C=O) groups is 1. The minimum Gasteiger partial charge on any atom is -0.478 e. The van der Waals surface area contributed by atoms with Crippen molar-refractivity contribution in [3.8, 4) is 0 Å². The number of anilines is 1. The van der Waals surface area contributed by atoms with Crippen LogP contribution in [0.3, 0.4) is 0 Å². The maximum Gasteiger partial charge on any atom is 0.339 e. The Bertz CT molecular complexity index is 422. The molecule has 5 heteroatoms. The lowest BCUT2D eigenvalue weighted by molar-refractivity contribution is 0.0697. The van der Waals surface area contributed by atoms with Crippen LogP contribution in [0.2, 0.25) is 0 Å². The molecule has 0 amide bonds. The zero-order valence-corrected chi connectivity index (χ0v) is 10.1. The third-order valence-corrected chi connectivity index (χ3v) is 3.33. The van der Waals surface area contributed by atoms with Crippen LogP contribution < -0.4 is 4.90 Å². The monoisotopic (exact) mass is 235 g/mol. The first-order chi connectivity index (χ1) is 8.09. The fourth-order valence-electron chi connectivity index (χ4n) is 2.09. The topological polar surface area (TPSA) is 56.7 Å². The molecule has 0 aliphatic carbocycles. The van der Waals surface area contributed by atoms with Gasteiger partial charge in [0.1, 0.15) is 5.56 Å². The van der Waals surface area contributed by atoms with Gasteiger partial charge in [-0.25, -0.2) is 4.79 Å². The Morgan fingerprint density at radius 3 is 2.94 bits per heavy atom. The number of carboxylic acid groups (broad SMARTS) is 1. The van der Waals surface area contributed by atoms with Crippen molar-refractivity contribution >= 4 is 11.7 Å². The molecule has 92 valence electrons. The lowest BCUT2D eigenvalue weighted by Crippen LogP contribution is -2.50. The van der Waals surface area contributed by atoms with Crippen LogP contribution >= 0.6 is 0 Å². The van der Waals surface area contributed by atoms with Crippen LogP contribution in [0.4, 0.5) is 5.69 Å². The molecular weight excluding hydrogens is 218 g/mol. The number of aromatic carboxylic acids is 1. The standard InChI is InChI=1S/C12H17N3O2/c1-9-8-15(6-5-14(9)2)11-3-4-13-7-10(11)12(16)17/h3-4,7,9H,5-6,8H2,1-2H3,(H,16,17). The van der Waals surface area contributed by atoms with Crippen molar-refractivity contribution in [2.24, 2.45) is 0 Å². The Labute approximate surface area is 101 Å². The van der Waals surface area contributed by atoms with E-state index in [1.807, 2.05) is 0 Å². The molecule has 1 fully saturated rings. The zero-order valence-electron chi connectivity index (χ0n) is 10.1. The molecule has 1 aliphatic heterocycles. The number of nitrogens with zero attached hydrogens (tertiary/aromatic N) is 3. The normalized spacial score (nSPS) is 21.5. The molecule has 0 saturated carbocycles. The average Bonchev–Trinajstić information content (AvgIpc) is 2.32. The molecule has 0 bridgehead atoms. The van der Waals surface area contributed by atoms with E-state index in [-0.39, 0.29) is 5.56 Å². The minimum absolute atomic E-state index is 0.282. The van der Waals surface area contributed by atoms with Crippen molar-refractivity contribution in [3.63, 3.8) is 0 Å². The van der Waals surface area contributed by atoms with Gasteiger partial charge in [-0.3, -0.25) is 4.98 Å². The molecule has 1 aromatic rings. The highest BCUT2D eigenvalue weighted by Crippen LogP contribution is 2.22. The van der Waals surface area contributed by atoms with Crippen LogP contribution in [0.5, 0.6) is 0 Å². The van der Waals surface area contributed by atoms with Crippen LogP contribution in [0.15, 0.2) is 18.5 Å². The summed E-state index contributed by atoms with van der Waals surface area (Å²) in [6, 6.07) is 2.21. The molecule has 2 rings (SSSR count). The van der Waals surface area contributed by atoms with Crippen molar-refractivity contribution in [1.82, 2.24) is 9.88 Å². The lowest BCUT2D eigenvalue weighted by atomic mass is 10.1. The Kier molecular flexibility index (Phi) is 3.28. The molecule has 1 atom stereocenters. The van der Waals surface area contributed by atoms with Gasteiger partial charge < -0.3 is 14.9 Å². The van der Waals surface area contributed by atoms with Crippen LogP contribution in [0.25, 0.3) is 0 Å². The van der Waals surface area contributed by atoms with Crippen LogP contribution in [0, 0.1) is 0 Å². The van der Waals surface area contributed by atoms with Crippen molar-refractivity contribution in [1.29, 1.82) is 0 Å². The van der Waals surface area contributed by atoms with Gasteiger partial charge in [0.05, 0.1) is 5.69 Å². The Balaban J connectivity index is 2.25. The molecule has 1 saturated heterocycles. The molecule has 0 spiro atoms. The van der Waals surface area contributed by atoms with Gasteiger partial charge in [0.25, 0.3) is 0 Å². The molecule has 1 aliphatic rings. The first kappa shape index (κ1) is 11.9. The molecule has 5 nitrogen and oxygen atoms in total. The molecule has 1 unspecified atom stereocenters. The highest BCUT2D eigenvalue weighted by molar-refractivity contribution is 5.94. The van der Waals surface area contributed by atoms with E-state index in [0.717, 1.165) is 25.3 Å². The predicted octanol–water partition coefficient (Wildman–Crippen LogP) is 0.920. The summed E-state index contributed by atoms with van der Waals surface area (Å²) in [7, 11) is 2.09. The minimum atomic E-state index is -0.917. The SMILES string of the molecule is CC1CN(c2ccncc2C(=O)O)CCN1C. The van der Waals surface area contributed by atoms with E-state index in [2.05, 4.69) is 28.8 Å². The van der Waals surface area contributed by atoms with Gasteiger partial charge in [-0.2, -0.15) is 0 Å². The van der Waals surface area contributed by atoms with Gasteiger partial charge in [0, 0.05) is 38.1 Å². The van der Waals surface area contributed by atoms with Crippen LogP contribution in [-0.4, -0.2) is 53.7 Å².